The molecule has 0 saturated heterocycles. The maximum atomic E-state index is 6.13. The smallest absolute Gasteiger partial charge is 0.181 e. The van der Waals surface area contributed by atoms with Crippen LogP contribution in [0.2, 0.25) is 0 Å². The molecule has 3 rings (SSSR count). The molecule has 1 saturated carbocycles. The van der Waals surface area contributed by atoms with Gasteiger partial charge in [-0.05, 0) is 31.4 Å². The predicted octanol–water partition coefficient (Wildman–Crippen LogP) is 2.14. The third-order valence-electron chi connectivity index (χ3n) is 3.75. The molecular weight excluding hydrogens is 214 g/mol. The summed E-state index contributed by atoms with van der Waals surface area (Å²) in [6.45, 7) is 0. The van der Waals surface area contributed by atoms with Gasteiger partial charge in [0.1, 0.15) is 5.52 Å². The molecule has 1 aliphatic rings. The molecule has 2 N–H and O–H groups in total. The highest BCUT2D eigenvalue weighted by atomic mass is 16.3. The van der Waals surface area contributed by atoms with E-state index in [9.17, 15) is 0 Å². The number of oxazole rings is 1. The van der Waals surface area contributed by atoms with Gasteiger partial charge in [-0.1, -0.05) is 0 Å². The van der Waals surface area contributed by atoms with Gasteiger partial charge in [0, 0.05) is 30.9 Å². The van der Waals surface area contributed by atoms with Crippen molar-refractivity contribution in [3.05, 3.63) is 24.6 Å². The van der Waals surface area contributed by atoms with Crippen LogP contribution in [0.1, 0.15) is 19.3 Å². The number of rotatable bonds is 2. The first-order chi connectivity index (χ1) is 8.25. The van der Waals surface area contributed by atoms with Crippen LogP contribution in [-0.4, -0.2) is 24.1 Å². The number of hydrogen-bond donors (Lipinski definition) is 1. The van der Waals surface area contributed by atoms with Gasteiger partial charge in [0.15, 0.2) is 12.0 Å². The highest BCUT2D eigenvalue weighted by Crippen LogP contribution is 2.28. The van der Waals surface area contributed by atoms with Crippen molar-refractivity contribution in [1.29, 1.82) is 0 Å². The van der Waals surface area contributed by atoms with E-state index in [0.29, 0.717) is 6.04 Å². The van der Waals surface area contributed by atoms with Gasteiger partial charge in [0.05, 0.1) is 0 Å². The molecule has 0 aliphatic heterocycles. The van der Waals surface area contributed by atoms with Crippen LogP contribution in [0.25, 0.3) is 11.1 Å². The summed E-state index contributed by atoms with van der Waals surface area (Å²) in [5.74, 6) is 0. The molecule has 2 atom stereocenters. The van der Waals surface area contributed by atoms with Crippen LogP contribution in [0, 0.1) is 0 Å². The Hall–Kier alpha value is -1.55. The molecule has 1 aromatic carbocycles. The second-order valence-electron chi connectivity index (χ2n) is 4.78. The van der Waals surface area contributed by atoms with Gasteiger partial charge < -0.3 is 15.1 Å². The molecule has 2 aromatic rings. The van der Waals surface area contributed by atoms with Crippen LogP contribution >= 0.6 is 0 Å². The van der Waals surface area contributed by atoms with E-state index in [0.717, 1.165) is 23.2 Å². The zero-order chi connectivity index (χ0) is 11.8. The Balaban J connectivity index is 1.91. The molecular formula is C13H17N3O. The van der Waals surface area contributed by atoms with E-state index in [-0.39, 0.29) is 6.04 Å². The first kappa shape index (κ1) is 10.6. The van der Waals surface area contributed by atoms with E-state index in [2.05, 4.69) is 23.0 Å². The van der Waals surface area contributed by atoms with Crippen molar-refractivity contribution < 1.29 is 4.42 Å². The van der Waals surface area contributed by atoms with Crippen molar-refractivity contribution in [2.45, 2.75) is 31.3 Å². The summed E-state index contributed by atoms with van der Waals surface area (Å²) in [7, 11) is 2.10. The summed E-state index contributed by atoms with van der Waals surface area (Å²) in [6, 6.07) is 6.83. The van der Waals surface area contributed by atoms with Gasteiger partial charge >= 0.3 is 0 Å². The minimum Gasteiger partial charge on any atom is -0.443 e. The molecule has 0 radical (unpaired) electrons. The predicted molar refractivity (Wildman–Crippen MR) is 68.0 cm³/mol. The summed E-state index contributed by atoms with van der Waals surface area (Å²) < 4.78 is 5.33. The van der Waals surface area contributed by atoms with E-state index in [4.69, 9.17) is 10.2 Å². The molecule has 4 nitrogen and oxygen atoms in total. The van der Waals surface area contributed by atoms with Crippen LogP contribution in [-0.2, 0) is 0 Å². The van der Waals surface area contributed by atoms with E-state index in [1.165, 1.54) is 19.2 Å². The van der Waals surface area contributed by atoms with E-state index < -0.39 is 0 Å². The molecule has 1 fully saturated rings. The number of anilines is 1. The van der Waals surface area contributed by atoms with Gasteiger partial charge in [-0.15, -0.1) is 0 Å². The summed E-state index contributed by atoms with van der Waals surface area (Å²) >= 11 is 0. The summed E-state index contributed by atoms with van der Waals surface area (Å²) in [6.07, 6.45) is 5.00. The molecule has 1 aromatic heterocycles. The fourth-order valence-corrected chi connectivity index (χ4v) is 2.70. The second kappa shape index (κ2) is 4.04. The van der Waals surface area contributed by atoms with Crippen molar-refractivity contribution in [2.75, 3.05) is 11.9 Å². The van der Waals surface area contributed by atoms with Gasteiger partial charge in [-0.25, -0.2) is 4.98 Å². The molecule has 90 valence electrons. The number of likely N-dealkylation sites (N-methyl/N-ethyl adjacent to an activating group) is 1. The summed E-state index contributed by atoms with van der Waals surface area (Å²) in [5, 5.41) is 0. The summed E-state index contributed by atoms with van der Waals surface area (Å²) in [4.78, 5) is 6.39. The fourth-order valence-electron chi connectivity index (χ4n) is 2.70. The third kappa shape index (κ3) is 1.78. The zero-order valence-electron chi connectivity index (χ0n) is 9.97. The van der Waals surface area contributed by atoms with Gasteiger partial charge in [-0.2, -0.15) is 0 Å². The summed E-state index contributed by atoms with van der Waals surface area (Å²) in [5.41, 5.74) is 9.02. The highest BCUT2D eigenvalue weighted by Gasteiger charge is 2.27. The van der Waals surface area contributed by atoms with E-state index in [1.807, 2.05) is 12.1 Å². The van der Waals surface area contributed by atoms with Crippen molar-refractivity contribution in [2.24, 2.45) is 5.73 Å². The number of aromatic nitrogens is 1. The first-order valence-electron chi connectivity index (χ1n) is 6.07. The largest absolute Gasteiger partial charge is 0.443 e. The molecule has 0 bridgehead atoms. The number of hydrogen-bond acceptors (Lipinski definition) is 4. The monoisotopic (exact) mass is 231 g/mol. The lowest BCUT2D eigenvalue weighted by atomic mass is 10.1. The number of nitrogens with two attached hydrogens (primary N) is 1. The fraction of sp³-hybridized carbons (Fsp3) is 0.462. The van der Waals surface area contributed by atoms with E-state index >= 15 is 0 Å². The molecule has 2 unspecified atom stereocenters. The Morgan fingerprint density at radius 1 is 1.41 bits per heavy atom. The Morgan fingerprint density at radius 3 is 3.06 bits per heavy atom. The molecule has 1 heterocycles. The number of nitrogens with zero attached hydrogens (tertiary/aromatic N) is 2. The number of benzene rings is 1. The Kier molecular flexibility index (Phi) is 2.52. The SMILES string of the molecule is CN(c1ccc2ncoc2c1)C1CCCC1N. The lowest BCUT2D eigenvalue weighted by molar-refractivity contribution is 0.571. The van der Waals surface area contributed by atoms with Crippen LogP contribution in [0.3, 0.4) is 0 Å². The number of fused-ring (bicyclic) bond motifs is 1. The van der Waals surface area contributed by atoms with Crippen LogP contribution in [0.5, 0.6) is 0 Å². The third-order valence-corrected chi connectivity index (χ3v) is 3.75. The van der Waals surface area contributed by atoms with Crippen molar-refractivity contribution in [3.63, 3.8) is 0 Å². The minimum atomic E-state index is 0.283. The first-order valence-corrected chi connectivity index (χ1v) is 6.07. The molecule has 0 spiro atoms. The lowest BCUT2D eigenvalue weighted by Crippen LogP contribution is -2.42. The Morgan fingerprint density at radius 2 is 2.29 bits per heavy atom. The highest BCUT2D eigenvalue weighted by molar-refractivity contribution is 5.77. The maximum Gasteiger partial charge on any atom is 0.181 e. The van der Waals surface area contributed by atoms with E-state index in [1.54, 1.807) is 0 Å². The lowest BCUT2D eigenvalue weighted by Gasteiger charge is -2.29. The van der Waals surface area contributed by atoms with Crippen molar-refractivity contribution in [1.82, 2.24) is 4.98 Å². The quantitative estimate of drug-likeness (QED) is 0.860. The molecule has 4 heteroatoms. The maximum absolute atomic E-state index is 6.13. The molecule has 1 aliphatic carbocycles. The van der Waals surface area contributed by atoms with Crippen molar-refractivity contribution >= 4 is 16.8 Å². The van der Waals surface area contributed by atoms with Crippen LogP contribution < -0.4 is 10.6 Å². The molecule has 17 heavy (non-hydrogen) atoms. The normalized spacial score (nSPS) is 24.4. The van der Waals surface area contributed by atoms with Crippen molar-refractivity contribution in [3.8, 4) is 0 Å². The van der Waals surface area contributed by atoms with Gasteiger partial charge in [0.25, 0.3) is 0 Å². The minimum absolute atomic E-state index is 0.283. The van der Waals surface area contributed by atoms with Gasteiger partial charge in [-0.3, -0.25) is 0 Å². The standard InChI is InChI=1S/C13H17N3O/c1-16(12-4-2-3-10(12)14)9-5-6-11-13(7-9)17-8-15-11/h5-8,10,12H,2-4,14H2,1H3. The topological polar surface area (TPSA) is 55.3 Å². The van der Waals surface area contributed by atoms with Crippen LogP contribution in [0.4, 0.5) is 5.69 Å². The average Bonchev–Trinajstić information content (AvgIpc) is 2.95. The van der Waals surface area contributed by atoms with Crippen LogP contribution in [0.15, 0.2) is 29.0 Å². The average molecular weight is 231 g/mol. The van der Waals surface area contributed by atoms with Gasteiger partial charge in [0.2, 0.25) is 0 Å². The molecule has 0 amide bonds. The second-order valence-corrected chi connectivity index (χ2v) is 4.78. The Bertz CT molecular complexity index is 522. The zero-order valence-corrected chi connectivity index (χ0v) is 9.97. The Labute approximate surface area is 100 Å².